The maximum Gasteiger partial charge on any atom is 0.243 e. The van der Waals surface area contributed by atoms with Crippen molar-refractivity contribution in [1.82, 2.24) is 4.31 Å². The highest BCUT2D eigenvalue weighted by Gasteiger charge is 2.23. The normalized spacial score (nSPS) is 11.3. The van der Waals surface area contributed by atoms with Crippen molar-refractivity contribution in [2.24, 2.45) is 5.73 Å². The van der Waals surface area contributed by atoms with Gasteiger partial charge in [-0.1, -0.05) is 30.3 Å². The van der Waals surface area contributed by atoms with Crippen molar-refractivity contribution in [1.29, 1.82) is 0 Å². The molecule has 126 valence electrons. The summed E-state index contributed by atoms with van der Waals surface area (Å²) in [5, 5.41) is 0. The summed E-state index contributed by atoms with van der Waals surface area (Å²) in [5.74, 6) is -0.464. The van der Waals surface area contributed by atoms with Gasteiger partial charge >= 0.3 is 0 Å². The van der Waals surface area contributed by atoms with Crippen molar-refractivity contribution in [3.8, 4) is 0 Å². The van der Waals surface area contributed by atoms with Crippen LogP contribution in [0, 0.1) is 5.82 Å². The van der Waals surface area contributed by atoms with Gasteiger partial charge in [0.15, 0.2) is 0 Å². The van der Waals surface area contributed by atoms with Crippen LogP contribution in [-0.2, 0) is 16.4 Å². The molecule has 0 atom stereocenters. The molecule has 0 aliphatic carbocycles. The van der Waals surface area contributed by atoms with E-state index in [4.69, 9.17) is 5.73 Å². The number of benzene rings is 2. The predicted octanol–water partition coefficient (Wildman–Crippen LogP) is 2.44. The molecule has 23 heavy (non-hydrogen) atoms. The van der Waals surface area contributed by atoms with Gasteiger partial charge in [0.2, 0.25) is 10.0 Å². The third-order valence-electron chi connectivity index (χ3n) is 3.32. The van der Waals surface area contributed by atoms with Gasteiger partial charge in [0.05, 0.1) is 4.90 Å². The minimum absolute atomic E-state index is 0. The number of nitrogens with two attached hydrogens (primary N) is 1. The molecule has 0 spiro atoms. The SMILES string of the molecule is Cl.NCCN(CCc1ccccc1)S(=O)(=O)c1ccc(F)cc1. The van der Waals surface area contributed by atoms with E-state index >= 15 is 0 Å². The van der Waals surface area contributed by atoms with Crippen molar-refractivity contribution in [2.75, 3.05) is 19.6 Å². The van der Waals surface area contributed by atoms with Crippen LogP contribution in [0.15, 0.2) is 59.5 Å². The third kappa shape index (κ3) is 5.28. The van der Waals surface area contributed by atoms with Crippen LogP contribution in [0.2, 0.25) is 0 Å². The summed E-state index contributed by atoms with van der Waals surface area (Å²) < 4.78 is 39.5. The maximum absolute atomic E-state index is 13.0. The van der Waals surface area contributed by atoms with E-state index in [1.807, 2.05) is 30.3 Å². The van der Waals surface area contributed by atoms with Crippen molar-refractivity contribution in [3.63, 3.8) is 0 Å². The fraction of sp³-hybridized carbons (Fsp3) is 0.250. The molecule has 0 fully saturated rings. The Morgan fingerprint density at radius 3 is 2.13 bits per heavy atom. The van der Waals surface area contributed by atoms with Gasteiger partial charge in [0, 0.05) is 19.6 Å². The molecular formula is C16H20ClFN2O2S. The van der Waals surface area contributed by atoms with E-state index in [-0.39, 0.29) is 30.4 Å². The van der Waals surface area contributed by atoms with E-state index in [1.165, 1.54) is 16.4 Å². The second kappa shape index (κ2) is 8.98. The maximum atomic E-state index is 13.0. The van der Waals surface area contributed by atoms with E-state index in [9.17, 15) is 12.8 Å². The van der Waals surface area contributed by atoms with Crippen LogP contribution in [-0.4, -0.2) is 32.4 Å². The van der Waals surface area contributed by atoms with E-state index < -0.39 is 15.8 Å². The molecule has 2 rings (SSSR count). The standard InChI is InChI=1S/C16H19FN2O2S.ClH/c17-15-6-8-16(9-7-15)22(20,21)19(13-11-18)12-10-14-4-2-1-3-5-14;/h1-9H,10-13,18H2;1H. The first-order chi connectivity index (χ1) is 10.5. The number of rotatable bonds is 7. The average molecular weight is 359 g/mol. The highest BCUT2D eigenvalue weighted by atomic mass is 35.5. The summed E-state index contributed by atoms with van der Waals surface area (Å²) in [5.41, 5.74) is 6.59. The predicted molar refractivity (Wildman–Crippen MR) is 91.6 cm³/mol. The Labute approximate surface area is 142 Å². The summed E-state index contributed by atoms with van der Waals surface area (Å²) >= 11 is 0. The van der Waals surface area contributed by atoms with E-state index in [0.717, 1.165) is 17.7 Å². The van der Waals surface area contributed by atoms with Gasteiger partial charge in [0.1, 0.15) is 5.82 Å². The summed E-state index contributed by atoms with van der Waals surface area (Å²) in [4.78, 5) is 0.0791. The summed E-state index contributed by atoms with van der Waals surface area (Å²) in [6, 6.07) is 14.5. The number of halogens is 2. The molecule has 0 saturated carbocycles. The molecule has 4 nitrogen and oxygen atoms in total. The zero-order chi connectivity index (χ0) is 16.0. The molecular weight excluding hydrogens is 339 g/mol. The van der Waals surface area contributed by atoms with Crippen molar-refractivity contribution < 1.29 is 12.8 Å². The lowest BCUT2D eigenvalue weighted by molar-refractivity contribution is 0.421. The van der Waals surface area contributed by atoms with Crippen LogP contribution >= 0.6 is 12.4 Å². The van der Waals surface area contributed by atoms with Crippen LogP contribution in [0.4, 0.5) is 4.39 Å². The molecule has 7 heteroatoms. The Balaban J connectivity index is 0.00000264. The first kappa shape index (κ1) is 19.6. The van der Waals surface area contributed by atoms with Crippen LogP contribution in [0.5, 0.6) is 0 Å². The Hall–Kier alpha value is -1.47. The number of hydrogen-bond acceptors (Lipinski definition) is 3. The summed E-state index contributed by atoms with van der Waals surface area (Å²) in [7, 11) is -3.66. The summed E-state index contributed by atoms with van der Waals surface area (Å²) in [6.45, 7) is 0.794. The number of sulfonamides is 1. The molecule has 0 unspecified atom stereocenters. The van der Waals surface area contributed by atoms with Crippen LogP contribution in [0.1, 0.15) is 5.56 Å². The van der Waals surface area contributed by atoms with Crippen LogP contribution in [0.25, 0.3) is 0 Å². The molecule has 2 aromatic rings. The molecule has 0 radical (unpaired) electrons. The molecule has 0 aromatic heterocycles. The van der Waals surface area contributed by atoms with Gasteiger partial charge in [-0.15, -0.1) is 12.4 Å². The first-order valence-corrected chi connectivity index (χ1v) is 8.48. The Morgan fingerprint density at radius 1 is 0.957 bits per heavy atom. The Morgan fingerprint density at radius 2 is 1.57 bits per heavy atom. The number of hydrogen-bond donors (Lipinski definition) is 1. The van der Waals surface area contributed by atoms with Crippen LogP contribution < -0.4 is 5.73 Å². The lowest BCUT2D eigenvalue weighted by atomic mass is 10.1. The highest BCUT2D eigenvalue weighted by molar-refractivity contribution is 7.89. The minimum atomic E-state index is -3.66. The van der Waals surface area contributed by atoms with Gasteiger partial charge in [-0.25, -0.2) is 12.8 Å². The topological polar surface area (TPSA) is 63.4 Å². The zero-order valence-corrected chi connectivity index (χ0v) is 14.2. The summed E-state index contributed by atoms with van der Waals surface area (Å²) in [6.07, 6.45) is 0.598. The number of nitrogens with zero attached hydrogens (tertiary/aromatic N) is 1. The third-order valence-corrected chi connectivity index (χ3v) is 5.24. The van der Waals surface area contributed by atoms with Gasteiger partial charge < -0.3 is 5.73 Å². The second-order valence-electron chi connectivity index (χ2n) is 4.88. The van der Waals surface area contributed by atoms with E-state index in [2.05, 4.69) is 0 Å². The molecule has 0 amide bonds. The molecule has 0 bridgehead atoms. The molecule has 0 heterocycles. The lowest BCUT2D eigenvalue weighted by Crippen LogP contribution is -2.36. The zero-order valence-electron chi connectivity index (χ0n) is 12.6. The first-order valence-electron chi connectivity index (χ1n) is 7.04. The van der Waals surface area contributed by atoms with Gasteiger partial charge in [-0.05, 0) is 36.2 Å². The quantitative estimate of drug-likeness (QED) is 0.826. The van der Waals surface area contributed by atoms with Crippen molar-refractivity contribution >= 4 is 22.4 Å². The van der Waals surface area contributed by atoms with Crippen LogP contribution in [0.3, 0.4) is 0 Å². The Bertz CT molecular complexity index is 694. The van der Waals surface area contributed by atoms with Crippen molar-refractivity contribution in [2.45, 2.75) is 11.3 Å². The highest BCUT2D eigenvalue weighted by Crippen LogP contribution is 2.16. The Kier molecular flexibility index (Phi) is 7.64. The molecule has 0 saturated heterocycles. The molecule has 0 aliphatic rings. The molecule has 2 aromatic carbocycles. The fourth-order valence-electron chi connectivity index (χ4n) is 2.15. The van der Waals surface area contributed by atoms with Gasteiger partial charge in [-0.2, -0.15) is 4.31 Å². The fourth-order valence-corrected chi connectivity index (χ4v) is 3.61. The van der Waals surface area contributed by atoms with Gasteiger partial charge in [0.25, 0.3) is 0 Å². The lowest BCUT2D eigenvalue weighted by Gasteiger charge is -2.21. The van der Waals surface area contributed by atoms with E-state index in [1.54, 1.807) is 0 Å². The smallest absolute Gasteiger partial charge is 0.243 e. The minimum Gasteiger partial charge on any atom is -0.329 e. The average Bonchev–Trinajstić information content (AvgIpc) is 2.52. The van der Waals surface area contributed by atoms with Crippen molar-refractivity contribution in [3.05, 3.63) is 66.0 Å². The largest absolute Gasteiger partial charge is 0.329 e. The second-order valence-corrected chi connectivity index (χ2v) is 6.82. The molecule has 0 aliphatic heterocycles. The molecule has 2 N–H and O–H groups in total. The van der Waals surface area contributed by atoms with E-state index in [0.29, 0.717) is 13.0 Å². The monoisotopic (exact) mass is 358 g/mol. The van der Waals surface area contributed by atoms with Gasteiger partial charge in [-0.3, -0.25) is 0 Å².